The van der Waals surface area contributed by atoms with E-state index in [4.69, 9.17) is 0 Å². The SMILES string of the molecule is CC(C)C(=O)c1cnn(C)c1I. The zero-order valence-corrected chi connectivity index (χ0v) is 9.49. The number of Topliss-reactive ketones (excluding diaryl/α,β-unsaturated/α-hetero) is 1. The van der Waals surface area contributed by atoms with E-state index in [1.165, 1.54) is 0 Å². The van der Waals surface area contributed by atoms with Crippen LogP contribution in [0.4, 0.5) is 0 Å². The van der Waals surface area contributed by atoms with Gasteiger partial charge in [-0.1, -0.05) is 13.8 Å². The topological polar surface area (TPSA) is 34.9 Å². The number of hydrogen-bond donors (Lipinski definition) is 0. The van der Waals surface area contributed by atoms with Crippen molar-refractivity contribution >= 4 is 28.4 Å². The molecule has 0 N–H and O–H groups in total. The molecular weight excluding hydrogens is 267 g/mol. The molecule has 0 aromatic carbocycles. The average molecular weight is 278 g/mol. The maximum absolute atomic E-state index is 11.5. The number of aryl methyl sites for hydroxylation is 1. The third-order valence-corrected chi connectivity index (χ3v) is 2.94. The highest BCUT2D eigenvalue weighted by Crippen LogP contribution is 2.14. The van der Waals surface area contributed by atoms with Crippen molar-refractivity contribution < 1.29 is 4.79 Å². The van der Waals surface area contributed by atoms with E-state index in [-0.39, 0.29) is 11.7 Å². The Morgan fingerprint density at radius 3 is 2.58 bits per heavy atom. The smallest absolute Gasteiger partial charge is 0.169 e. The van der Waals surface area contributed by atoms with E-state index in [0.29, 0.717) is 0 Å². The number of rotatable bonds is 2. The van der Waals surface area contributed by atoms with Gasteiger partial charge in [-0.25, -0.2) is 0 Å². The van der Waals surface area contributed by atoms with E-state index in [0.717, 1.165) is 9.26 Å². The Morgan fingerprint density at radius 1 is 1.67 bits per heavy atom. The molecule has 0 radical (unpaired) electrons. The Balaban J connectivity index is 3.04. The molecule has 0 unspecified atom stereocenters. The summed E-state index contributed by atoms with van der Waals surface area (Å²) in [6.07, 6.45) is 1.63. The molecular formula is C8H11IN2O. The molecule has 12 heavy (non-hydrogen) atoms. The van der Waals surface area contributed by atoms with Crippen molar-refractivity contribution in [3.63, 3.8) is 0 Å². The summed E-state index contributed by atoms with van der Waals surface area (Å²) < 4.78 is 2.61. The summed E-state index contributed by atoms with van der Waals surface area (Å²) in [6.45, 7) is 3.79. The van der Waals surface area contributed by atoms with Crippen LogP contribution in [0.5, 0.6) is 0 Å². The van der Waals surface area contributed by atoms with Crippen LogP contribution in [0.25, 0.3) is 0 Å². The molecule has 1 aromatic heterocycles. The Bertz CT molecular complexity index is 304. The minimum absolute atomic E-state index is 0.0442. The van der Waals surface area contributed by atoms with Crippen LogP contribution in [0.3, 0.4) is 0 Å². The Hall–Kier alpha value is -0.390. The molecule has 0 saturated carbocycles. The number of carbonyl (C=O) groups excluding carboxylic acids is 1. The zero-order chi connectivity index (χ0) is 9.30. The predicted octanol–water partition coefficient (Wildman–Crippen LogP) is 1.86. The molecule has 0 spiro atoms. The van der Waals surface area contributed by atoms with Crippen molar-refractivity contribution in [1.82, 2.24) is 9.78 Å². The van der Waals surface area contributed by atoms with E-state index in [1.807, 2.05) is 20.9 Å². The highest BCUT2D eigenvalue weighted by molar-refractivity contribution is 14.1. The molecule has 3 nitrogen and oxygen atoms in total. The van der Waals surface area contributed by atoms with Gasteiger partial charge in [0.2, 0.25) is 0 Å². The van der Waals surface area contributed by atoms with Crippen LogP contribution >= 0.6 is 22.6 Å². The highest BCUT2D eigenvalue weighted by atomic mass is 127. The van der Waals surface area contributed by atoms with Crippen molar-refractivity contribution in [3.05, 3.63) is 15.5 Å². The molecule has 1 aromatic rings. The summed E-state index contributed by atoms with van der Waals surface area (Å²) in [4.78, 5) is 11.5. The Morgan fingerprint density at radius 2 is 2.25 bits per heavy atom. The molecule has 66 valence electrons. The van der Waals surface area contributed by atoms with Crippen LogP contribution in [-0.4, -0.2) is 15.6 Å². The van der Waals surface area contributed by atoms with Gasteiger partial charge in [-0.05, 0) is 22.6 Å². The van der Waals surface area contributed by atoms with Gasteiger partial charge in [0.25, 0.3) is 0 Å². The molecule has 0 amide bonds. The number of ketones is 1. The second-order valence-electron chi connectivity index (χ2n) is 2.99. The summed E-state index contributed by atoms with van der Waals surface area (Å²) in [5, 5.41) is 4.01. The average Bonchev–Trinajstić information content (AvgIpc) is 2.32. The van der Waals surface area contributed by atoms with Gasteiger partial charge in [0.05, 0.1) is 11.8 Å². The second-order valence-corrected chi connectivity index (χ2v) is 4.01. The van der Waals surface area contributed by atoms with Gasteiger partial charge < -0.3 is 0 Å². The fourth-order valence-electron chi connectivity index (χ4n) is 0.899. The lowest BCUT2D eigenvalue weighted by atomic mass is 10.1. The van der Waals surface area contributed by atoms with Crippen molar-refractivity contribution in [1.29, 1.82) is 0 Å². The van der Waals surface area contributed by atoms with E-state index < -0.39 is 0 Å². The summed E-state index contributed by atoms with van der Waals surface area (Å²) >= 11 is 2.13. The van der Waals surface area contributed by atoms with Gasteiger partial charge in [0.15, 0.2) is 5.78 Å². The lowest BCUT2D eigenvalue weighted by Gasteiger charge is -2.01. The second kappa shape index (κ2) is 3.55. The number of carbonyl (C=O) groups is 1. The first-order valence-corrected chi connectivity index (χ1v) is 4.83. The normalized spacial score (nSPS) is 10.8. The Kier molecular flexibility index (Phi) is 2.87. The number of aromatic nitrogens is 2. The summed E-state index contributed by atoms with van der Waals surface area (Å²) in [7, 11) is 1.83. The fraction of sp³-hybridized carbons (Fsp3) is 0.500. The molecule has 0 saturated heterocycles. The number of hydrogen-bond acceptors (Lipinski definition) is 2. The minimum atomic E-state index is 0.0442. The van der Waals surface area contributed by atoms with Crippen LogP contribution in [0.2, 0.25) is 0 Å². The molecule has 0 aliphatic heterocycles. The molecule has 0 bridgehead atoms. The molecule has 1 rings (SSSR count). The van der Waals surface area contributed by atoms with E-state index in [9.17, 15) is 4.79 Å². The van der Waals surface area contributed by atoms with Crippen LogP contribution in [-0.2, 0) is 7.05 Å². The van der Waals surface area contributed by atoms with Gasteiger partial charge in [-0.15, -0.1) is 0 Å². The molecule has 0 atom stereocenters. The van der Waals surface area contributed by atoms with Crippen LogP contribution < -0.4 is 0 Å². The van der Waals surface area contributed by atoms with Gasteiger partial charge in [0, 0.05) is 13.0 Å². The van der Waals surface area contributed by atoms with Crippen molar-refractivity contribution in [2.24, 2.45) is 13.0 Å². The van der Waals surface area contributed by atoms with E-state index in [1.54, 1.807) is 10.9 Å². The minimum Gasteiger partial charge on any atom is -0.294 e. The molecule has 4 heteroatoms. The molecule has 0 fully saturated rings. The Labute approximate surface area is 85.3 Å². The lowest BCUT2D eigenvalue weighted by molar-refractivity contribution is 0.0938. The number of halogens is 1. The summed E-state index contributed by atoms with van der Waals surface area (Å²) in [5.41, 5.74) is 0.730. The van der Waals surface area contributed by atoms with E-state index in [2.05, 4.69) is 27.7 Å². The number of nitrogens with zero attached hydrogens (tertiary/aromatic N) is 2. The molecule has 0 aliphatic rings. The third kappa shape index (κ3) is 1.68. The monoisotopic (exact) mass is 278 g/mol. The first-order valence-electron chi connectivity index (χ1n) is 3.75. The molecule has 1 heterocycles. The van der Waals surface area contributed by atoms with Gasteiger partial charge >= 0.3 is 0 Å². The fourth-order valence-corrected chi connectivity index (χ4v) is 1.43. The van der Waals surface area contributed by atoms with Gasteiger partial charge in [0.1, 0.15) is 3.70 Å². The maximum atomic E-state index is 11.5. The van der Waals surface area contributed by atoms with Crippen LogP contribution in [0.1, 0.15) is 24.2 Å². The van der Waals surface area contributed by atoms with Gasteiger partial charge in [-0.3, -0.25) is 9.48 Å². The van der Waals surface area contributed by atoms with Crippen LogP contribution in [0, 0.1) is 9.62 Å². The van der Waals surface area contributed by atoms with Crippen molar-refractivity contribution in [3.8, 4) is 0 Å². The third-order valence-electron chi connectivity index (χ3n) is 1.66. The standard InChI is InChI=1S/C8H11IN2O/c1-5(2)7(12)6-4-10-11(3)8(6)9/h4-5H,1-3H3. The lowest BCUT2D eigenvalue weighted by Crippen LogP contribution is -2.08. The molecule has 0 aliphatic carbocycles. The first-order chi connectivity index (χ1) is 5.54. The van der Waals surface area contributed by atoms with Crippen LogP contribution in [0.15, 0.2) is 6.20 Å². The highest BCUT2D eigenvalue weighted by Gasteiger charge is 2.16. The predicted molar refractivity (Wildman–Crippen MR) is 55.1 cm³/mol. The summed E-state index contributed by atoms with van der Waals surface area (Å²) in [5.74, 6) is 0.204. The first kappa shape index (κ1) is 9.70. The largest absolute Gasteiger partial charge is 0.294 e. The van der Waals surface area contributed by atoms with Gasteiger partial charge in [-0.2, -0.15) is 5.10 Å². The van der Waals surface area contributed by atoms with E-state index >= 15 is 0 Å². The summed E-state index contributed by atoms with van der Waals surface area (Å²) in [6, 6.07) is 0. The maximum Gasteiger partial charge on any atom is 0.169 e. The van der Waals surface area contributed by atoms with Crippen molar-refractivity contribution in [2.45, 2.75) is 13.8 Å². The quantitative estimate of drug-likeness (QED) is 0.611. The zero-order valence-electron chi connectivity index (χ0n) is 7.34. The van der Waals surface area contributed by atoms with Crippen molar-refractivity contribution in [2.75, 3.05) is 0 Å².